The van der Waals surface area contributed by atoms with Crippen LogP contribution in [0.2, 0.25) is 0 Å². The van der Waals surface area contributed by atoms with Gasteiger partial charge in [-0.2, -0.15) is 0 Å². The van der Waals surface area contributed by atoms with Gasteiger partial charge in [-0.15, -0.1) is 0 Å². The number of pyridine rings is 1. The first-order valence-corrected chi connectivity index (χ1v) is 5.63. The van der Waals surface area contributed by atoms with Gasteiger partial charge in [-0.05, 0) is 18.9 Å². The molecule has 2 N–H and O–H groups in total. The first kappa shape index (κ1) is 11.6. The molecule has 0 atom stereocenters. The third kappa shape index (κ3) is 2.83. The minimum Gasteiger partial charge on any atom is -0.339 e. The Hall–Kier alpha value is -1.86. The summed E-state index contributed by atoms with van der Waals surface area (Å²) in [6.45, 7) is 0.306. The van der Waals surface area contributed by atoms with Gasteiger partial charge in [0.15, 0.2) is 0 Å². The molecule has 1 saturated carbocycles. The summed E-state index contributed by atoms with van der Waals surface area (Å²) in [4.78, 5) is 17.9. The Kier molecular flexibility index (Phi) is 3.40. The number of amides is 1. The van der Waals surface area contributed by atoms with Crippen LogP contribution >= 0.6 is 0 Å². The summed E-state index contributed by atoms with van der Waals surface area (Å²) in [5.74, 6) is 5.63. The van der Waals surface area contributed by atoms with Gasteiger partial charge in [0.1, 0.15) is 0 Å². The van der Waals surface area contributed by atoms with E-state index in [9.17, 15) is 4.79 Å². The lowest BCUT2D eigenvalue weighted by atomic mass is 10.2. The number of hydrogen-bond acceptors (Lipinski definition) is 3. The molecule has 0 bridgehead atoms. The third-order valence-electron chi connectivity index (χ3n) is 2.73. The molecule has 1 aliphatic rings. The minimum absolute atomic E-state index is 0.0106. The summed E-state index contributed by atoms with van der Waals surface area (Å²) < 4.78 is 0. The number of rotatable bonds is 2. The zero-order valence-electron chi connectivity index (χ0n) is 9.81. The smallest absolute Gasteiger partial charge is 0.255 e. The summed E-state index contributed by atoms with van der Waals surface area (Å²) >= 11 is 0. The molecule has 1 aromatic heterocycles. The number of aromatic nitrogens is 1. The highest BCUT2D eigenvalue weighted by molar-refractivity contribution is 5.94. The molecule has 2 rings (SSSR count). The molecule has 0 radical (unpaired) electrons. The predicted octanol–water partition coefficient (Wildman–Crippen LogP) is 0.626. The summed E-state index contributed by atoms with van der Waals surface area (Å²) in [5, 5.41) is 0. The Labute approximate surface area is 101 Å². The average molecular weight is 229 g/mol. The lowest BCUT2D eigenvalue weighted by Crippen LogP contribution is -2.28. The van der Waals surface area contributed by atoms with Gasteiger partial charge >= 0.3 is 0 Å². The molecular formula is C13H15N3O. The normalized spacial score (nSPS) is 13.8. The lowest BCUT2D eigenvalue weighted by Gasteiger charge is -2.15. The Bertz CT molecular complexity index is 483. The average Bonchev–Trinajstić information content (AvgIpc) is 3.19. The zero-order chi connectivity index (χ0) is 12.3. The van der Waals surface area contributed by atoms with E-state index in [0.717, 1.165) is 18.4 Å². The topological polar surface area (TPSA) is 59.2 Å². The monoisotopic (exact) mass is 229 g/mol. The van der Waals surface area contributed by atoms with Crippen LogP contribution in [-0.4, -0.2) is 35.4 Å². The van der Waals surface area contributed by atoms with Crippen LogP contribution in [0.4, 0.5) is 0 Å². The van der Waals surface area contributed by atoms with Gasteiger partial charge in [-0.3, -0.25) is 9.78 Å². The molecule has 0 aliphatic heterocycles. The third-order valence-corrected chi connectivity index (χ3v) is 2.73. The van der Waals surface area contributed by atoms with E-state index >= 15 is 0 Å². The second-order valence-electron chi connectivity index (χ2n) is 4.12. The molecule has 0 saturated heterocycles. The standard InChI is InChI=1S/C13H15N3O/c1-16(12-4-5-12)13(17)11-7-10(3-2-6-14)8-15-9-11/h7-9,12H,4-6,14H2,1H3. The fraction of sp³-hybridized carbons (Fsp3) is 0.385. The van der Waals surface area contributed by atoms with E-state index in [1.54, 1.807) is 23.4 Å². The summed E-state index contributed by atoms with van der Waals surface area (Å²) in [6, 6.07) is 2.16. The van der Waals surface area contributed by atoms with Crippen molar-refractivity contribution in [3.63, 3.8) is 0 Å². The molecule has 1 heterocycles. The molecule has 88 valence electrons. The molecule has 4 heteroatoms. The molecule has 4 nitrogen and oxygen atoms in total. The highest BCUT2D eigenvalue weighted by Crippen LogP contribution is 2.26. The van der Waals surface area contributed by atoms with E-state index in [0.29, 0.717) is 18.2 Å². The largest absolute Gasteiger partial charge is 0.339 e. The van der Waals surface area contributed by atoms with E-state index in [2.05, 4.69) is 16.8 Å². The van der Waals surface area contributed by atoms with E-state index in [1.165, 1.54) is 0 Å². The summed E-state index contributed by atoms with van der Waals surface area (Å²) in [5.41, 5.74) is 6.61. The highest BCUT2D eigenvalue weighted by atomic mass is 16.2. The SMILES string of the molecule is CN(C(=O)c1cncc(C#CCN)c1)C1CC1. The highest BCUT2D eigenvalue weighted by Gasteiger charge is 2.30. The Morgan fingerprint density at radius 1 is 1.59 bits per heavy atom. The number of hydrogen-bond donors (Lipinski definition) is 1. The minimum atomic E-state index is 0.0106. The van der Waals surface area contributed by atoms with E-state index < -0.39 is 0 Å². The molecular weight excluding hydrogens is 214 g/mol. The molecule has 1 amide bonds. The molecule has 1 aromatic rings. The van der Waals surface area contributed by atoms with Gasteiger partial charge in [-0.1, -0.05) is 11.8 Å². The molecule has 0 spiro atoms. The van der Waals surface area contributed by atoms with Crippen LogP contribution in [-0.2, 0) is 0 Å². The van der Waals surface area contributed by atoms with Gasteiger partial charge in [0.25, 0.3) is 5.91 Å². The summed E-state index contributed by atoms with van der Waals surface area (Å²) in [7, 11) is 1.83. The lowest BCUT2D eigenvalue weighted by molar-refractivity contribution is 0.0784. The second-order valence-corrected chi connectivity index (χ2v) is 4.12. The number of carbonyl (C=O) groups excluding carboxylic acids is 1. The van der Waals surface area contributed by atoms with Crippen LogP contribution in [0, 0.1) is 11.8 Å². The maximum Gasteiger partial charge on any atom is 0.255 e. The van der Waals surface area contributed by atoms with Crippen molar-refractivity contribution in [3.05, 3.63) is 29.6 Å². The maximum atomic E-state index is 12.1. The fourth-order valence-electron chi connectivity index (χ4n) is 1.61. The van der Waals surface area contributed by atoms with Gasteiger partial charge in [0.2, 0.25) is 0 Å². The molecule has 1 fully saturated rings. The Balaban J connectivity index is 2.17. The van der Waals surface area contributed by atoms with Crippen LogP contribution in [0.1, 0.15) is 28.8 Å². The fourth-order valence-corrected chi connectivity index (χ4v) is 1.61. The van der Waals surface area contributed by atoms with Crippen molar-refractivity contribution < 1.29 is 4.79 Å². The van der Waals surface area contributed by atoms with Gasteiger partial charge in [-0.25, -0.2) is 0 Å². The van der Waals surface area contributed by atoms with E-state index in [-0.39, 0.29) is 5.91 Å². The van der Waals surface area contributed by atoms with Crippen molar-refractivity contribution in [2.24, 2.45) is 5.73 Å². The predicted molar refractivity (Wildman–Crippen MR) is 65.3 cm³/mol. The van der Waals surface area contributed by atoms with Crippen molar-refractivity contribution in [1.82, 2.24) is 9.88 Å². The van der Waals surface area contributed by atoms with Crippen LogP contribution in [0.5, 0.6) is 0 Å². The Morgan fingerprint density at radius 3 is 3.00 bits per heavy atom. The van der Waals surface area contributed by atoms with Crippen molar-refractivity contribution in [2.45, 2.75) is 18.9 Å². The molecule has 17 heavy (non-hydrogen) atoms. The molecule has 0 aromatic carbocycles. The molecule has 1 aliphatic carbocycles. The van der Waals surface area contributed by atoms with Crippen molar-refractivity contribution in [2.75, 3.05) is 13.6 Å². The molecule has 0 unspecified atom stereocenters. The number of carbonyl (C=O) groups is 1. The van der Waals surface area contributed by atoms with E-state index in [4.69, 9.17) is 5.73 Å². The zero-order valence-corrected chi connectivity index (χ0v) is 9.81. The van der Waals surface area contributed by atoms with E-state index in [1.807, 2.05) is 7.05 Å². The second kappa shape index (κ2) is 4.98. The van der Waals surface area contributed by atoms with Crippen LogP contribution < -0.4 is 5.73 Å². The van der Waals surface area contributed by atoms with Crippen molar-refractivity contribution >= 4 is 5.91 Å². The number of nitrogens with two attached hydrogens (primary N) is 1. The van der Waals surface area contributed by atoms with Crippen molar-refractivity contribution in [3.8, 4) is 11.8 Å². The van der Waals surface area contributed by atoms with Crippen LogP contribution in [0.15, 0.2) is 18.5 Å². The summed E-state index contributed by atoms with van der Waals surface area (Å²) in [6.07, 6.45) is 5.41. The Morgan fingerprint density at radius 2 is 2.35 bits per heavy atom. The van der Waals surface area contributed by atoms with Crippen LogP contribution in [0.3, 0.4) is 0 Å². The maximum absolute atomic E-state index is 12.1. The first-order valence-electron chi connectivity index (χ1n) is 5.63. The van der Waals surface area contributed by atoms with Gasteiger partial charge < -0.3 is 10.6 Å². The first-order chi connectivity index (χ1) is 8.22. The quantitative estimate of drug-likeness (QED) is 0.756. The number of nitrogens with zero attached hydrogens (tertiary/aromatic N) is 2. The van der Waals surface area contributed by atoms with Crippen LogP contribution in [0.25, 0.3) is 0 Å². The van der Waals surface area contributed by atoms with Crippen molar-refractivity contribution in [1.29, 1.82) is 0 Å². The van der Waals surface area contributed by atoms with Gasteiger partial charge in [0, 0.05) is 31.0 Å². The van der Waals surface area contributed by atoms with Gasteiger partial charge in [0.05, 0.1) is 12.1 Å².